The minimum Gasteiger partial charge on any atom is -0.336 e. The van der Waals surface area contributed by atoms with Crippen molar-refractivity contribution in [1.29, 1.82) is 0 Å². The number of anilines is 1. The highest BCUT2D eigenvalue weighted by molar-refractivity contribution is 5.89. The fourth-order valence-electron chi connectivity index (χ4n) is 3.10. The number of carbonyl (C=O) groups is 1. The number of rotatable bonds is 5. The molecule has 0 radical (unpaired) electrons. The molecule has 6 heteroatoms. The van der Waals surface area contributed by atoms with Gasteiger partial charge in [0.15, 0.2) is 0 Å². The fraction of sp³-hybridized carbons (Fsp3) is 0.0909. The Hall–Kier alpha value is -3.67. The van der Waals surface area contributed by atoms with E-state index in [1.54, 1.807) is 0 Å². The van der Waals surface area contributed by atoms with E-state index in [1.807, 2.05) is 54.6 Å². The van der Waals surface area contributed by atoms with Crippen LogP contribution >= 0.6 is 0 Å². The van der Waals surface area contributed by atoms with E-state index >= 15 is 0 Å². The van der Waals surface area contributed by atoms with Crippen molar-refractivity contribution in [3.05, 3.63) is 84.7 Å². The summed E-state index contributed by atoms with van der Waals surface area (Å²) in [5, 5.41) is 5.53. The molecule has 4 rings (SSSR count). The standard InChI is InChI=1S/C22H19FN4O/c23-17-10-12-18(13-11-17)25-22(28)24-14-15-27-20-9-5-4-8-19(20)26-21(27)16-6-2-1-3-7-16/h1-13H,14-15H2,(H2,24,25,28). The maximum absolute atomic E-state index is 13.0. The Morgan fingerprint density at radius 2 is 1.64 bits per heavy atom. The Morgan fingerprint density at radius 1 is 0.929 bits per heavy atom. The molecule has 0 fully saturated rings. The van der Waals surface area contributed by atoms with Gasteiger partial charge in [0.25, 0.3) is 0 Å². The van der Waals surface area contributed by atoms with Gasteiger partial charge in [-0.15, -0.1) is 0 Å². The highest BCUT2D eigenvalue weighted by atomic mass is 19.1. The molecule has 0 saturated heterocycles. The summed E-state index contributed by atoms with van der Waals surface area (Å²) >= 11 is 0. The molecule has 0 aliphatic rings. The van der Waals surface area contributed by atoms with Gasteiger partial charge in [-0.3, -0.25) is 0 Å². The Morgan fingerprint density at radius 3 is 2.43 bits per heavy atom. The van der Waals surface area contributed by atoms with Crippen LogP contribution in [0.4, 0.5) is 14.9 Å². The molecule has 140 valence electrons. The number of amides is 2. The summed E-state index contributed by atoms with van der Waals surface area (Å²) in [6.07, 6.45) is 0. The van der Waals surface area contributed by atoms with Gasteiger partial charge in [-0.25, -0.2) is 14.2 Å². The number of nitrogens with zero attached hydrogens (tertiary/aromatic N) is 2. The third-order valence-corrected chi connectivity index (χ3v) is 4.41. The minimum atomic E-state index is -0.341. The zero-order chi connectivity index (χ0) is 19.3. The van der Waals surface area contributed by atoms with Crippen LogP contribution in [0.25, 0.3) is 22.4 Å². The summed E-state index contributed by atoms with van der Waals surface area (Å²) in [4.78, 5) is 16.9. The first kappa shape index (κ1) is 17.7. The fourth-order valence-corrected chi connectivity index (χ4v) is 3.10. The van der Waals surface area contributed by atoms with E-state index in [2.05, 4.69) is 15.2 Å². The molecule has 0 saturated carbocycles. The van der Waals surface area contributed by atoms with Gasteiger partial charge in [-0.1, -0.05) is 42.5 Å². The lowest BCUT2D eigenvalue weighted by Crippen LogP contribution is -2.31. The van der Waals surface area contributed by atoms with Crippen LogP contribution in [0.15, 0.2) is 78.9 Å². The summed E-state index contributed by atoms with van der Waals surface area (Å²) < 4.78 is 15.1. The van der Waals surface area contributed by atoms with Crippen LogP contribution in [0.2, 0.25) is 0 Å². The highest BCUT2D eigenvalue weighted by Gasteiger charge is 2.12. The maximum atomic E-state index is 13.0. The van der Waals surface area contributed by atoms with E-state index < -0.39 is 0 Å². The number of aromatic nitrogens is 2. The van der Waals surface area contributed by atoms with Gasteiger partial charge in [0.1, 0.15) is 11.6 Å². The lowest BCUT2D eigenvalue weighted by atomic mass is 10.2. The minimum absolute atomic E-state index is 0.336. The average Bonchev–Trinajstić information content (AvgIpc) is 3.09. The van der Waals surface area contributed by atoms with Gasteiger partial charge in [-0.05, 0) is 36.4 Å². The zero-order valence-corrected chi connectivity index (χ0v) is 15.1. The lowest BCUT2D eigenvalue weighted by Gasteiger charge is -2.11. The number of carbonyl (C=O) groups excluding carboxylic acids is 1. The van der Waals surface area contributed by atoms with Gasteiger partial charge in [-0.2, -0.15) is 0 Å². The topological polar surface area (TPSA) is 59.0 Å². The van der Waals surface area contributed by atoms with E-state index in [9.17, 15) is 9.18 Å². The summed E-state index contributed by atoms with van der Waals surface area (Å²) in [6.45, 7) is 0.995. The molecule has 0 bridgehead atoms. The van der Waals surface area contributed by atoms with Crippen molar-refractivity contribution in [3.63, 3.8) is 0 Å². The Kier molecular flexibility index (Phi) is 5.01. The molecule has 2 N–H and O–H groups in total. The van der Waals surface area contributed by atoms with Crippen molar-refractivity contribution in [2.24, 2.45) is 0 Å². The molecule has 1 heterocycles. The van der Waals surface area contributed by atoms with Crippen LogP contribution < -0.4 is 10.6 Å². The largest absolute Gasteiger partial charge is 0.336 e. The molecule has 0 aliphatic heterocycles. The van der Waals surface area contributed by atoms with Crippen molar-refractivity contribution in [1.82, 2.24) is 14.9 Å². The maximum Gasteiger partial charge on any atom is 0.319 e. The first-order chi connectivity index (χ1) is 13.7. The van der Waals surface area contributed by atoms with E-state index in [0.29, 0.717) is 18.8 Å². The van der Waals surface area contributed by atoms with Crippen LogP contribution in [0, 0.1) is 5.82 Å². The number of imidazole rings is 1. The summed E-state index contributed by atoms with van der Waals surface area (Å²) in [7, 11) is 0. The van der Waals surface area contributed by atoms with E-state index in [4.69, 9.17) is 4.98 Å². The summed E-state index contributed by atoms with van der Waals surface area (Å²) in [6, 6.07) is 23.2. The quantitative estimate of drug-likeness (QED) is 0.534. The number of halogens is 1. The lowest BCUT2D eigenvalue weighted by molar-refractivity contribution is 0.251. The highest BCUT2D eigenvalue weighted by Crippen LogP contribution is 2.24. The number of urea groups is 1. The molecule has 0 atom stereocenters. The molecular formula is C22H19FN4O. The molecule has 0 unspecified atom stereocenters. The third-order valence-electron chi connectivity index (χ3n) is 4.41. The summed E-state index contributed by atoms with van der Waals surface area (Å²) in [5.74, 6) is 0.522. The number of benzene rings is 3. The molecule has 0 spiro atoms. The first-order valence-electron chi connectivity index (χ1n) is 9.02. The predicted octanol–water partition coefficient (Wildman–Crippen LogP) is 4.66. The van der Waals surface area contributed by atoms with E-state index in [1.165, 1.54) is 24.3 Å². The smallest absolute Gasteiger partial charge is 0.319 e. The van der Waals surface area contributed by atoms with Gasteiger partial charge >= 0.3 is 6.03 Å². The van der Waals surface area contributed by atoms with Crippen LogP contribution in [0.5, 0.6) is 0 Å². The molecule has 4 aromatic rings. The van der Waals surface area contributed by atoms with Crippen molar-refractivity contribution >= 4 is 22.8 Å². The predicted molar refractivity (Wildman–Crippen MR) is 109 cm³/mol. The van der Waals surface area contributed by atoms with E-state index in [-0.39, 0.29) is 11.8 Å². The number of nitrogens with one attached hydrogen (secondary N) is 2. The van der Waals surface area contributed by atoms with Crippen LogP contribution in [-0.2, 0) is 6.54 Å². The van der Waals surface area contributed by atoms with Gasteiger partial charge in [0.2, 0.25) is 0 Å². The van der Waals surface area contributed by atoms with Gasteiger partial charge in [0, 0.05) is 24.3 Å². The van der Waals surface area contributed by atoms with Crippen molar-refractivity contribution in [3.8, 4) is 11.4 Å². The number of hydrogen-bond acceptors (Lipinski definition) is 2. The molecule has 1 aromatic heterocycles. The van der Waals surface area contributed by atoms with Crippen molar-refractivity contribution in [2.75, 3.05) is 11.9 Å². The van der Waals surface area contributed by atoms with E-state index in [0.717, 1.165) is 22.4 Å². The monoisotopic (exact) mass is 374 g/mol. The van der Waals surface area contributed by atoms with Crippen molar-refractivity contribution in [2.45, 2.75) is 6.54 Å². The molecule has 5 nitrogen and oxygen atoms in total. The normalized spacial score (nSPS) is 10.8. The summed E-state index contributed by atoms with van der Waals surface area (Å²) in [5.41, 5.74) is 3.49. The number of hydrogen-bond donors (Lipinski definition) is 2. The Labute approximate surface area is 161 Å². The molecule has 0 aliphatic carbocycles. The SMILES string of the molecule is O=C(NCCn1c(-c2ccccc2)nc2ccccc21)Nc1ccc(F)cc1. The van der Waals surface area contributed by atoms with Gasteiger partial charge < -0.3 is 15.2 Å². The second-order valence-corrected chi connectivity index (χ2v) is 6.33. The van der Waals surface area contributed by atoms with Crippen LogP contribution in [0.3, 0.4) is 0 Å². The molecule has 3 aromatic carbocycles. The second-order valence-electron chi connectivity index (χ2n) is 6.33. The number of para-hydroxylation sites is 2. The zero-order valence-electron chi connectivity index (χ0n) is 15.1. The van der Waals surface area contributed by atoms with Crippen LogP contribution in [0.1, 0.15) is 0 Å². The Bertz CT molecular complexity index is 1090. The Balaban J connectivity index is 1.48. The van der Waals surface area contributed by atoms with Gasteiger partial charge in [0.05, 0.1) is 11.0 Å². The molecule has 28 heavy (non-hydrogen) atoms. The number of fused-ring (bicyclic) bond motifs is 1. The third kappa shape index (κ3) is 3.86. The average molecular weight is 374 g/mol. The molecule has 2 amide bonds. The van der Waals surface area contributed by atoms with Crippen LogP contribution in [-0.4, -0.2) is 22.1 Å². The van der Waals surface area contributed by atoms with Crippen molar-refractivity contribution < 1.29 is 9.18 Å². The molecular weight excluding hydrogens is 355 g/mol. The first-order valence-corrected chi connectivity index (χ1v) is 9.02. The second kappa shape index (κ2) is 7.92.